The van der Waals surface area contributed by atoms with Gasteiger partial charge in [-0.1, -0.05) is 13.0 Å². The minimum absolute atomic E-state index is 0.256. The van der Waals surface area contributed by atoms with Crippen molar-refractivity contribution in [3.63, 3.8) is 0 Å². The molecule has 2 aromatic rings. The van der Waals surface area contributed by atoms with E-state index >= 15 is 0 Å². The van der Waals surface area contributed by atoms with E-state index in [1.165, 1.54) is 12.1 Å². The van der Waals surface area contributed by atoms with Crippen molar-refractivity contribution >= 4 is 35.2 Å². The molecule has 0 aromatic heterocycles. The Kier molecular flexibility index (Phi) is 4.16. The molecule has 1 aliphatic rings. The van der Waals surface area contributed by atoms with E-state index in [2.05, 4.69) is 10.6 Å². The Labute approximate surface area is 137 Å². The van der Waals surface area contributed by atoms with Crippen LogP contribution in [0.4, 0.5) is 5.69 Å². The monoisotopic (exact) mass is 326 g/mol. The molecule has 0 unspecified atom stereocenters. The molecule has 3 amide bonds. The molecule has 0 saturated carbocycles. The number of anilines is 1. The lowest BCUT2D eigenvalue weighted by molar-refractivity contribution is 0.0878. The molecule has 1 aliphatic heterocycles. The Morgan fingerprint density at radius 1 is 1.09 bits per heavy atom. The van der Waals surface area contributed by atoms with E-state index in [9.17, 15) is 14.4 Å². The second kappa shape index (κ2) is 6.26. The lowest BCUT2D eigenvalue weighted by Crippen LogP contribution is -2.19. The Morgan fingerprint density at radius 3 is 2.65 bits per heavy atom. The number of thioether (sulfide) groups is 1. The smallest absolute Gasteiger partial charge is 0.259 e. The molecular formula is C17H14N2O3S. The van der Waals surface area contributed by atoms with Gasteiger partial charge in [-0.25, -0.2) is 0 Å². The molecule has 0 atom stereocenters. The van der Waals surface area contributed by atoms with Gasteiger partial charge in [0.2, 0.25) is 0 Å². The third-order valence-corrected chi connectivity index (χ3v) is 4.28. The minimum atomic E-state index is -0.442. The van der Waals surface area contributed by atoms with Gasteiger partial charge < -0.3 is 5.32 Å². The third-order valence-electron chi connectivity index (χ3n) is 3.40. The maximum absolute atomic E-state index is 12.3. The summed E-state index contributed by atoms with van der Waals surface area (Å²) >= 11 is 1.66. The number of hydrogen-bond acceptors (Lipinski definition) is 4. The van der Waals surface area contributed by atoms with Crippen LogP contribution >= 0.6 is 11.8 Å². The Bertz CT molecular complexity index is 817. The van der Waals surface area contributed by atoms with Crippen molar-refractivity contribution in [1.29, 1.82) is 0 Å². The van der Waals surface area contributed by atoms with Gasteiger partial charge in [-0.2, -0.15) is 0 Å². The number of carbonyl (C=O) groups is 3. The Balaban J connectivity index is 1.81. The molecule has 0 fully saturated rings. The highest BCUT2D eigenvalue weighted by atomic mass is 32.2. The maximum Gasteiger partial charge on any atom is 0.259 e. The molecule has 1 heterocycles. The summed E-state index contributed by atoms with van der Waals surface area (Å²) in [5.41, 5.74) is 1.63. The third kappa shape index (κ3) is 3.12. The van der Waals surface area contributed by atoms with Gasteiger partial charge in [-0.15, -0.1) is 11.8 Å². The summed E-state index contributed by atoms with van der Waals surface area (Å²) in [6.07, 6.45) is 0. The zero-order valence-corrected chi connectivity index (χ0v) is 13.2. The van der Waals surface area contributed by atoms with E-state index in [-0.39, 0.29) is 11.5 Å². The van der Waals surface area contributed by atoms with Crippen molar-refractivity contribution in [3.05, 3.63) is 59.2 Å². The number of rotatable bonds is 4. The largest absolute Gasteiger partial charge is 0.322 e. The van der Waals surface area contributed by atoms with Crippen molar-refractivity contribution in [1.82, 2.24) is 5.32 Å². The molecule has 6 heteroatoms. The predicted molar refractivity (Wildman–Crippen MR) is 89.0 cm³/mol. The summed E-state index contributed by atoms with van der Waals surface area (Å²) in [7, 11) is 0. The van der Waals surface area contributed by atoms with Crippen LogP contribution in [0.2, 0.25) is 0 Å². The van der Waals surface area contributed by atoms with Gasteiger partial charge in [0.1, 0.15) is 0 Å². The normalized spacial score (nSPS) is 12.7. The van der Waals surface area contributed by atoms with Crippen LogP contribution in [-0.2, 0) is 0 Å². The highest BCUT2D eigenvalue weighted by Gasteiger charge is 2.26. The molecule has 2 aromatic carbocycles. The number of imide groups is 1. The molecule has 0 aliphatic carbocycles. The second-order valence-corrected chi connectivity index (χ2v) is 6.30. The van der Waals surface area contributed by atoms with Crippen molar-refractivity contribution in [3.8, 4) is 0 Å². The first-order valence-electron chi connectivity index (χ1n) is 7.12. The van der Waals surface area contributed by atoms with Crippen molar-refractivity contribution < 1.29 is 14.4 Å². The maximum atomic E-state index is 12.3. The molecule has 2 N–H and O–H groups in total. The molecule has 0 radical (unpaired) electrons. The number of benzene rings is 2. The summed E-state index contributed by atoms with van der Waals surface area (Å²) in [5.74, 6) is -0.179. The summed E-state index contributed by atoms with van der Waals surface area (Å²) in [4.78, 5) is 36.5. The molecule has 5 nitrogen and oxygen atoms in total. The quantitative estimate of drug-likeness (QED) is 0.669. The number of fused-ring (bicyclic) bond motifs is 1. The first kappa shape index (κ1) is 15.3. The Morgan fingerprint density at radius 2 is 1.87 bits per heavy atom. The topological polar surface area (TPSA) is 75.3 Å². The van der Waals surface area contributed by atoms with Crippen LogP contribution in [0, 0.1) is 0 Å². The average molecular weight is 326 g/mol. The molecule has 116 valence electrons. The Hall–Kier alpha value is -2.60. The van der Waals surface area contributed by atoms with E-state index in [1.54, 1.807) is 23.9 Å². The molecular weight excluding hydrogens is 312 g/mol. The predicted octanol–water partition coefficient (Wildman–Crippen LogP) is 2.93. The van der Waals surface area contributed by atoms with E-state index in [1.807, 2.05) is 25.1 Å². The van der Waals surface area contributed by atoms with Gasteiger partial charge in [0.05, 0.1) is 11.1 Å². The summed E-state index contributed by atoms with van der Waals surface area (Å²) < 4.78 is 0. The lowest BCUT2D eigenvalue weighted by atomic mass is 10.1. The molecule has 0 saturated heterocycles. The number of carbonyl (C=O) groups excluding carboxylic acids is 3. The summed E-state index contributed by atoms with van der Waals surface area (Å²) in [6, 6.07) is 12.0. The van der Waals surface area contributed by atoms with Crippen molar-refractivity contribution in [2.24, 2.45) is 0 Å². The summed E-state index contributed by atoms with van der Waals surface area (Å²) in [6.45, 7) is 2.05. The SMILES string of the molecule is CCSc1cccc(C(=O)Nc2ccc3c(c2)C(=O)NC3=O)c1. The standard InChI is InChI=1S/C17H14N2O3S/c1-2-23-12-5-3-4-10(8-12)15(20)18-11-6-7-13-14(9-11)17(22)19-16(13)21/h3-9H,2H2,1H3,(H,18,20)(H,19,21,22). The van der Waals surface area contributed by atoms with E-state index in [0.29, 0.717) is 16.8 Å². The van der Waals surface area contributed by atoms with Crippen LogP contribution in [0.15, 0.2) is 47.4 Å². The number of hydrogen-bond donors (Lipinski definition) is 2. The van der Waals surface area contributed by atoms with Crippen molar-refractivity contribution in [2.75, 3.05) is 11.1 Å². The molecule has 23 heavy (non-hydrogen) atoms. The fourth-order valence-electron chi connectivity index (χ4n) is 2.34. The number of amides is 3. The summed E-state index contributed by atoms with van der Waals surface area (Å²) in [5, 5.41) is 4.98. The highest BCUT2D eigenvalue weighted by Crippen LogP contribution is 2.22. The first-order chi connectivity index (χ1) is 11.1. The van der Waals surface area contributed by atoms with Crippen LogP contribution in [-0.4, -0.2) is 23.5 Å². The highest BCUT2D eigenvalue weighted by molar-refractivity contribution is 7.99. The first-order valence-corrected chi connectivity index (χ1v) is 8.11. The molecule has 0 spiro atoms. The molecule has 3 rings (SSSR count). The van der Waals surface area contributed by atoms with Crippen molar-refractivity contribution in [2.45, 2.75) is 11.8 Å². The van der Waals surface area contributed by atoms with Crippen LogP contribution in [0.3, 0.4) is 0 Å². The van der Waals surface area contributed by atoms with Crippen LogP contribution in [0.5, 0.6) is 0 Å². The number of nitrogens with one attached hydrogen (secondary N) is 2. The van der Waals surface area contributed by atoms with Gasteiger partial charge in [-0.05, 0) is 42.2 Å². The fourth-order valence-corrected chi connectivity index (χ4v) is 3.06. The fraction of sp³-hybridized carbons (Fsp3) is 0.118. The van der Waals surface area contributed by atoms with Gasteiger partial charge >= 0.3 is 0 Å². The van der Waals surface area contributed by atoms with E-state index in [4.69, 9.17) is 0 Å². The van der Waals surface area contributed by atoms with Gasteiger partial charge in [0.15, 0.2) is 0 Å². The van der Waals surface area contributed by atoms with Gasteiger partial charge in [0, 0.05) is 16.1 Å². The van der Waals surface area contributed by atoms with Crippen LogP contribution in [0.25, 0.3) is 0 Å². The minimum Gasteiger partial charge on any atom is -0.322 e. The van der Waals surface area contributed by atoms with E-state index < -0.39 is 11.8 Å². The van der Waals surface area contributed by atoms with Crippen LogP contribution < -0.4 is 10.6 Å². The molecule has 0 bridgehead atoms. The second-order valence-electron chi connectivity index (χ2n) is 4.96. The zero-order chi connectivity index (χ0) is 16.4. The van der Waals surface area contributed by atoms with Crippen LogP contribution in [0.1, 0.15) is 38.0 Å². The van der Waals surface area contributed by atoms with Gasteiger partial charge in [0.25, 0.3) is 17.7 Å². The lowest BCUT2D eigenvalue weighted by Gasteiger charge is -2.07. The average Bonchev–Trinajstić information content (AvgIpc) is 2.82. The van der Waals surface area contributed by atoms with Gasteiger partial charge in [-0.3, -0.25) is 19.7 Å². The van der Waals surface area contributed by atoms with E-state index in [0.717, 1.165) is 10.6 Å². The zero-order valence-electron chi connectivity index (χ0n) is 12.4.